The van der Waals surface area contributed by atoms with Gasteiger partial charge in [0.15, 0.2) is 23.7 Å². The topological polar surface area (TPSA) is 112 Å². The van der Waals surface area contributed by atoms with Gasteiger partial charge in [-0.2, -0.15) is 0 Å². The van der Waals surface area contributed by atoms with E-state index < -0.39 is 30.0 Å². The van der Waals surface area contributed by atoms with Crippen molar-refractivity contribution in [3.63, 3.8) is 0 Å². The number of rotatable bonds is 6. The molecular formula is C21H20N2O7. The number of nitrogens with one attached hydrogen (secondary N) is 2. The van der Waals surface area contributed by atoms with Crippen LogP contribution >= 0.6 is 0 Å². The van der Waals surface area contributed by atoms with E-state index in [1.165, 1.54) is 6.92 Å². The number of carbonyl (C=O) groups excluding carboxylic acids is 3. The Balaban J connectivity index is 1.26. The van der Waals surface area contributed by atoms with Crippen molar-refractivity contribution in [1.82, 2.24) is 5.32 Å². The molecule has 2 N–H and O–H groups in total. The van der Waals surface area contributed by atoms with Gasteiger partial charge in [0.05, 0.1) is 12.1 Å². The predicted octanol–water partition coefficient (Wildman–Crippen LogP) is 1.75. The van der Waals surface area contributed by atoms with Crippen LogP contribution < -0.4 is 24.8 Å². The number of carbonyl (C=O) groups is 3. The standard InChI is InChI=1S/C21H20N2O7/c1-12(20(25)22-10-13-6-7-16-17(8-13)28-11-27-16)29-19(24)9-18-21(26)23-14-4-2-3-5-15(14)30-18/h2-8,12,18H,9-11H2,1H3,(H,22,25)(H,23,26)/t12-,18+/m1/s1. The molecule has 0 fully saturated rings. The molecule has 0 bridgehead atoms. The fraction of sp³-hybridized carbons (Fsp3) is 0.286. The molecule has 2 aliphatic heterocycles. The third kappa shape index (κ3) is 4.29. The fourth-order valence-corrected chi connectivity index (χ4v) is 3.06. The van der Waals surface area contributed by atoms with Crippen molar-refractivity contribution >= 4 is 23.5 Å². The van der Waals surface area contributed by atoms with Crippen LogP contribution in [-0.2, 0) is 25.7 Å². The lowest BCUT2D eigenvalue weighted by Gasteiger charge is -2.25. The molecule has 0 radical (unpaired) electrons. The first-order valence-corrected chi connectivity index (χ1v) is 9.42. The largest absolute Gasteiger partial charge is 0.478 e. The van der Waals surface area contributed by atoms with Gasteiger partial charge < -0.3 is 29.6 Å². The van der Waals surface area contributed by atoms with Crippen LogP contribution in [0.1, 0.15) is 18.9 Å². The van der Waals surface area contributed by atoms with Crippen LogP contribution in [0.3, 0.4) is 0 Å². The van der Waals surface area contributed by atoms with Gasteiger partial charge in [-0.3, -0.25) is 14.4 Å². The van der Waals surface area contributed by atoms with Crippen LogP contribution in [0.15, 0.2) is 42.5 Å². The second-order valence-electron chi connectivity index (χ2n) is 6.83. The summed E-state index contributed by atoms with van der Waals surface area (Å²) in [6.07, 6.45) is -2.35. The summed E-state index contributed by atoms with van der Waals surface area (Å²) in [6.45, 7) is 1.87. The monoisotopic (exact) mass is 412 g/mol. The molecule has 9 heteroatoms. The number of ether oxygens (including phenoxy) is 4. The summed E-state index contributed by atoms with van der Waals surface area (Å²) in [6, 6.07) is 12.3. The van der Waals surface area contributed by atoms with E-state index in [1.807, 2.05) is 0 Å². The van der Waals surface area contributed by atoms with Crippen molar-refractivity contribution in [2.24, 2.45) is 0 Å². The van der Waals surface area contributed by atoms with Crippen molar-refractivity contribution in [3.05, 3.63) is 48.0 Å². The molecule has 2 aromatic rings. The molecule has 0 saturated carbocycles. The van der Waals surface area contributed by atoms with Gasteiger partial charge in [-0.25, -0.2) is 0 Å². The highest BCUT2D eigenvalue weighted by molar-refractivity contribution is 5.99. The lowest BCUT2D eigenvalue weighted by Crippen LogP contribution is -2.40. The van der Waals surface area contributed by atoms with E-state index in [0.29, 0.717) is 22.9 Å². The minimum Gasteiger partial charge on any atom is -0.478 e. The molecule has 0 aliphatic carbocycles. The number of para-hydroxylation sites is 2. The minimum absolute atomic E-state index is 0.173. The molecule has 30 heavy (non-hydrogen) atoms. The predicted molar refractivity (Wildman–Crippen MR) is 104 cm³/mol. The molecule has 2 aliphatic rings. The first-order chi connectivity index (χ1) is 14.5. The van der Waals surface area contributed by atoms with Crippen LogP contribution in [0.2, 0.25) is 0 Å². The summed E-state index contributed by atoms with van der Waals surface area (Å²) in [5.41, 5.74) is 1.36. The van der Waals surface area contributed by atoms with E-state index in [1.54, 1.807) is 42.5 Å². The van der Waals surface area contributed by atoms with E-state index in [9.17, 15) is 14.4 Å². The molecule has 0 aromatic heterocycles. The Bertz CT molecular complexity index is 991. The molecule has 0 saturated heterocycles. The van der Waals surface area contributed by atoms with Crippen LogP contribution in [0.4, 0.5) is 5.69 Å². The lowest BCUT2D eigenvalue weighted by atomic mass is 10.1. The lowest BCUT2D eigenvalue weighted by molar-refractivity contribution is -0.157. The third-order valence-electron chi connectivity index (χ3n) is 4.64. The average molecular weight is 412 g/mol. The first kappa shape index (κ1) is 19.6. The summed E-state index contributed by atoms with van der Waals surface area (Å²) < 4.78 is 21.3. The maximum absolute atomic E-state index is 12.3. The molecule has 0 spiro atoms. The maximum atomic E-state index is 12.3. The Labute approximate surface area is 172 Å². The van der Waals surface area contributed by atoms with Crippen LogP contribution in [0, 0.1) is 0 Å². The molecule has 2 aromatic carbocycles. The zero-order valence-electron chi connectivity index (χ0n) is 16.2. The number of hydrogen-bond donors (Lipinski definition) is 2. The number of hydrogen-bond acceptors (Lipinski definition) is 7. The number of anilines is 1. The summed E-state index contributed by atoms with van der Waals surface area (Å²) in [5, 5.41) is 5.38. The zero-order valence-corrected chi connectivity index (χ0v) is 16.2. The normalized spacial score (nSPS) is 17.2. The van der Waals surface area contributed by atoms with Gasteiger partial charge in [-0.05, 0) is 36.8 Å². The molecule has 2 atom stereocenters. The van der Waals surface area contributed by atoms with Gasteiger partial charge >= 0.3 is 5.97 Å². The molecule has 2 amide bonds. The average Bonchev–Trinajstić information content (AvgIpc) is 3.20. The summed E-state index contributed by atoms with van der Waals surface area (Å²) in [7, 11) is 0. The zero-order chi connectivity index (χ0) is 21.1. The highest BCUT2D eigenvalue weighted by Crippen LogP contribution is 2.32. The SMILES string of the molecule is C[C@@H](OC(=O)C[C@@H]1Oc2ccccc2NC1=O)C(=O)NCc1ccc2c(c1)OCO2. The third-order valence-corrected chi connectivity index (χ3v) is 4.64. The molecule has 0 unspecified atom stereocenters. The van der Waals surface area contributed by atoms with Gasteiger partial charge in [0.1, 0.15) is 5.75 Å². The highest BCUT2D eigenvalue weighted by Gasteiger charge is 2.31. The van der Waals surface area contributed by atoms with Gasteiger partial charge in [0.25, 0.3) is 11.8 Å². The quantitative estimate of drug-likeness (QED) is 0.695. The van der Waals surface area contributed by atoms with Crippen molar-refractivity contribution in [2.45, 2.75) is 32.1 Å². The first-order valence-electron chi connectivity index (χ1n) is 9.42. The van der Waals surface area contributed by atoms with Gasteiger partial charge in [-0.15, -0.1) is 0 Å². The van der Waals surface area contributed by atoms with E-state index in [0.717, 1.165) is 5.56 Å². The molecule has 4 rings (SSSR count). The van der Waals surface area contributed by atoms with Gasteiger partial charge in [-0.1, -0.05) is 18.2 Å². The Kier molecular flexibility index (Phi) is 5.42. The molecule has 156 valence electrons. The smallest absolute Gasteiger partial charge is 0.310 e. The second kappa shape index (κ2) is 8.32. The highest BCUT2D eigenvalue weighted by atomic mass is 16.7. The number of benzene rings is 2. The Morgan fingerprint density at radius 1 is 1.17 bits per heavy atom. The number of esters is 1. The minimum atomic E-state index is -1.02. The van der Waals surface area contributed by atoms with Crippen molar-refractivity contribution in [1.29, 1.82) is 0 Å². The van der Waals surface area contributed by atoms with Crippen molar-refractivity contribution in [3.8, 4) is 17.2 Å². The van der Waals surface area contributed by atoms with E-state index >= 15 is 0 Å². The number of fused-ring (bicyclic) bond motifs is 2. The summed E-state index contributed by atoms with van der Waals surface area (Å²) in [4.78, 5) is 36.6. The van der Waals surface area contributed by atoms with E-state index in [2.05, 4.69) is 10.6 Å². The second-order valence-corrected chi connectivity index (χ2v) is 6.83. The Hall–Kier alpha value is -3.75. The van der Waals surface area contributed by atoms with Crippen LogP contribution in [0.25, 0.3) is 0 Å². The Morgan fingerprint density at radius 2 is 1.97 bits per heavy atom. The summed E-state index contributed by atoms with van der Waals surface area (Å²) in [5.74, 6) is 0.146. The van der Waals surface area contributed by atoms with Crippen molar-refractivity contribution < 1.29 is 33.3 Å². The van der Waals surface area contributed by atoms with Crippen molar-refractivity contribution in [2.75, 3.05) is 12.1 Å². The fourth-order valence-electron chi connectivity index (χ4n) is 3.06. The van der Waals surface area contributed by atoms with E-state index in [-0.39, 0.29) is 19.8 Å². The van der Waals surface area contributed by atoms with Gasteiger partial charge in [0, 0.05) is 6.54 Å². The van der Waals surface area contributed by atoms with Gasteiger partial charge in [0.2, 0.25) is 6.79 Å². The van der Waals surface area contributed by atoms with E-state index in [4.69, 9.17) is 18.9 Å². The number of amides is 2. The Morgan fingerprint density at radius 3 is 2.83 bits per heavy atom. The maximum Gasteiger partial charge on any atom is 0.310 e. The summed E-state index contributed by atoms with van der Waals surface area (Å²) >= 11 is 0. The molecule has 9 nitrogen and oxygen atoms in total. The van der Waals surface area contributed by atoms with Crippen LogP contribution in [0.5, 0.6) is 17.2 Å². The molecular weight excluding hydrogens is 392 g/mol. The molecule has 2 heterocycles. The van der Waals surface area contributed by atoms with Crippen LogP contribution in [-0.4, -0.2) is 36.8 Å².